The van der Waals surface area contributed by atoms with Gasteiger partial charge < -0.3 is 10.6 Å². The molecular formula is C18H23IN4O2. The van der Waals surface area contributed by atoms with E-state index in [4.69, 9.17) is 0 Å². The zero-order valence-electron chi connectivity index (χ0n) is 14.6. The lowest BCUT2D eigenvalue weighted by molar-refractivity contribution is -0.384. The molecule has 0 spiro atoms. The molecule has 0 heterocycles. The second-order valence-electron chi connectivity index (χ2n) is 5.63. The highest BCUT2D eigenvalue weighted by Crippen LogP contribution is 2.12. The van der Waals surface area contributed by atoms with Gasteiger partial charge in [0.15, 0.2) is 5.96 Å². The number of nitro benzene ring substituents is 1. The van der Waals surface area contributed by atoms with Gasteiger partial charge in [0.1, 0.15) is 0 Å². The number of guanidine groups is 1. The molecule has 0 aliphatic rings. The second-order valence-corrected chi connectivity index (χ2v) is 5.63. The number of benzene rings is 2. The summed E-state index contributed by atoms with van der Waals surface area (Å²) in [4.78, 5) is 14.5. The standard InChI is InChI=1S/C18H22N4O2.HI/c1-13-4-7-16(14(2)10-13)12-21-18(19-3)20-11-15-5-8-17(9-6-15)22(23)24;/h4-10H,11-12H2,1-3H3,(H2,19,20,21);1H. The first kappa shape index (κ1) is 20.9. The highest BCUT2D eigenvalue weighted by molar-refractivity contribution is 14.0. The third-order valence-corrected chi connectivity index (χ3v) is 3.78. The van der Waals surface area contributed by atoms with Crippen LogP contribution in [0.25, 0.3) is 0 Å². The van der Waals surface area contributed by atoms with E-state index < -0.39 is 4.92 Å². The van der Waals surface area contributed by atoms with Crippen LogP contribution in [0.15, 0.2) is 47.5 Å². The Morgan fingerprint density at radius 3 is 2.28 bits per heavy atom. The summed E-state index contributed by atoms with van der Waals surface area (Å²) < 4.78 is 0. The third kappa shape index (κ3) is 6.33. The number of nitro groups is 1. The lowest BCUT2D eigenvalue weighted by Crippen LogP contribution is -2.36. The fraction of sp³-hybridized carbons (Fsp3) is 0.278. The van der Waals surface area contributed by atoms with E-state index in [-0.39, 0.29) is 29.7 Å². The molecule has 2 aromatic carbocycles. The Morgan fingerprint density at radius 2 is 1.72 bits per heavy atom. The van der Waals surface area contributed by atoms with Crippen LogP contribution in [0, 0.1) is 24.0 Å². The zero-order valence-corrected chi connectivity index (χ0v) is 16.9. The minimum absolute atomic E-state index is 0. The SMILES string of the molecule is CN=C(NCc1ccc([N+](=O)[O-])cc1)NCc1ccc(C)cc1C.I. The maximum atomic E-state index is 10.7. The second kappa shape index (κ2) is 9.97. The Hall–Kier alpha value is -2.16. The Balaban J connectivity index is 0.00000312. The summed E-state index contributed by atoms with van der Waals surface area (Å²) in [5.74, 6) is 0.688. The Bertz CT molecular complexity index is 745. The number of rotatable bonds is 5. The van der Waals surface area contributed by atoms with Gasteiger partial charge >= 0.3 is 0 Å². The molecule has 7 heteroatoms. The van der Waals surface area contributed by atoms with Crippen LogP contribution in [0.4, 0.5) is 5.69 Å². The van der Waals surface area contributed by atoms with Crippen LogP contribution in [-0.4, -0.2) is 17.9 Å². The van der Waals surface area contributed by atoms with Crippen LogP contribution in [0.5, 0.6) is 0 Å². The lowest BCUT2D eigenvalue weighted by Gasteiger charge is -2.13. The molecule has 0 aliphatic heterocycles. The number of halogens is 1. The van der Waals surface area contributed by atoms with Gasteiger partial charge in [-0.1, -0.05) is 35.9 Å². The van der Waals surface area contributed by atoms with Crippen LogP contribution in [-0.2, 0) is 13.1 Å². The first-order valence-electron chi connectivity index (χ1n) is 7.73. The summed E-state index contributed by atoms with van der Waals surface area (Å²) in [6.07, 6.45) is 0. The number of non-ortho nitro benzene ring substituents is 1. The van der Waals surface area contributed by atoms with E-state index in [9.17, 15) is 10.1 Å². The van der Waals surface area contributed by atoms with Gasteiger partial charge in [-0.15, -0.1) is 24.0 Å². The normalized spacial score (nSPS) is 10.8. The van der Waals surface area contributed by atoms with Gasteiger partial charge in [-0.3, -0.25) is 15.1 Å². The molecule has 0 aromatic heterocycles. The molecule has 0 aliphatic carbocycles. The molecule has 2 rings (SSSR count). The predicted molar refractivity (Wildman–Crippen MR) is 111 cm³/mol. The Labute approximate surface area is 164 Å². The monoisotopic (exact) mass is 454 g/mol. The first-order valence-corrected chi connectivity index (χ1v) is 7.73. The number of nitrogens with one attached hydrogen (secondary N) is 2. The number of aliphatic imine (C=N–C) groups is 1. The molecule has 2 aromatic rings. The van der Waals surface area contributed by atoms with Crippen molar-refractivity contribution >= 4 is 35.6 Å². The fourth-order valence-corrected chi connectivity index (χ4v) is 2.37. The van der Waals surface area contributed by atoms with E-state index in [1.165, 1.54) is 28.8 Å². The lowest BCUT2D eigenvalue weighted by atomic mass is 10.1. The minimum atomic E-state index is -0.401. The molecule has 2 N–H and O–H groups in total. The maximum absolute atomic E-state index is 10.7. The number of aryl methyl sites for hydroxylation is 2. The van der Waals surface area contributed by atoms with Crippen molar-refractivity contribution in [3.05, 3.63) is 74.8 Å². The average molecular weight is 454 g/mol. The topological polar surface area (TPSA) is 79.6 Å². The molecule has 0 saturated carbocycles. The molecule has 0 radical (unpaired) electrons. The summed E-state index contributed by atoms with van der Waals surface area (Å²) in [5.41, 5.74) is 4.76. The number of nitrogens with zero attached hydrogens (tertiary/aromatic N) is 2. The molecule has 0 unspecified atom stereocenters. The molecule has 0 fully saturated rings. The first-order chi connectivity index (χ1) is 11.5. The van der Waals surface area contributed by atoms with E-state index in [2.05, 4.69) is 47.7 Å². The summed E-state index contributed by atoms with van der Waals surface area (Å²) in [5, 5.41) is 17.1. The fourth-order valence-electron chi connectivity index (χ4n) is 2.37. The summed E-state index contributed by atoms with van der Waals surface area (Å²) in [7, 11) is 1.72. The molecule has 0 saturated heterocycles. The molecular weight excluding hydrogens is 431 g/mol. The molecule has 6 nitrogen and oxygen atoms in total. The van der Waals surface area contributed by atoms with Crippen molar-refractivity contribution in [1.82, 2.24) is 10.6 Å². The van der Waals surface area contributed by atoms with Gasteiger partial charge in [-0.25, -0.2) is 0 Å². The highest BCUT2D eigenvalue weighted by atomic mass is 127. The van der Waals surface area contributed by atoms with Crippen LogP contribution in [0.2, 0.25) is 0 Å². The van der Waals surface area contributed by atoms with Crippen molar-refractivity contribution in [2.24, 2.45) is 4.99 Å². The van der Waals surface area contributed by atoms with Crippen LogP contribution in [0.1, 0.15) is 22.3 Å². The maximum Gasteiger partial charge on any atom is 0.269 e. The minimum Gasteiger partial charge on any atom is -0.352 e. The smallest absolute Gasteiger partial charge is 0.269 e. The van der Waals surface area contributed by atoms with Crippen molar-refractivity contribution in [2.75, 3.05) is 7.05 Å². The Kier molecular flexibility index (Phi) is 8.33. The van der Waals surface area contributed by atoms with Gasteiger partial charge in [0.2, 0.25) is 0 Å². The van der Waals surface area contributed by atoms with Crippen LogP contribution < -0.4 is 10.6 Å². The van der Waals surface area contributed by atoms with Gasteiger partial charge in [-0.05, 0) is 30.5 Å². The quantitative estimate of drug-likeness (QED) is 0.238. The highest BCUT2D eigenvalue weighted by Gasteiger charge is 2.05. The summed E-state index contributed by atoms with van der Waals surface area (Å²) in [6.45, 7) is 5.41. The van der Waals surface area contributed by atoms with Crippen molar-refractivity contribution in [3.63, 3.8) is 0 Å². The largest absolute Gasteiger partial charge is 0.352 e. The van der Waals surface area contributed by atoms with Crippen molar-refractivity contribution in [2.45, 2.75) is 26.9 Å². The molecule has 134 valence electrons. The zero-order chi connectivity index (χ0) is 17.5. The van der Waals surface area contributed by atoms with Crippen LogP contribution in [0.3, 0.4) is 0 Å². The van der Waals surface area contributed by atoms with Crippen LogP contribution >= 0.6 is 24.0 Å². The third-order valence-electron chi connectivity index (χ3n) is 3.78. The molecule has 0 atom stereocenters. The van der Waals surface area contributed by atoms with Crippen molar-refractivity contribution in [1.29, 1.82) is 0 Å². The van der Waals surface area contributed by atoms with E-state index in [1.807, 2.05) is 0 Å². The Morgan fingerprint density at radius 1 is 1.08 bits per heavy atom. The molecule has 0 amide bonds. The van der Waals surface area contributed by atoms with E-state index in [0.717, 1.165) is 5.56 Å². The number of hydrogen-bond acceptors (Lipinski definition) is 3. The van der Waals surface area contributed by atoms with Gasteiger partial charge in [0.05, 0.1) is 4.92 Å². The number of hydrogen-bond donors (Lipinski definition) is 2. The van der Waals surface area contributed by atoms with Crippen molar-refractivity contribution in [3.8, 4) is 0 Å². The van der Waals surface area contributed by atoms with Crippen molar-refractivity contribution < 1.29 is 4.92 Å². The summed E-state index contributed by atoms with van der Waals surface area (Å²) >= 11 is 0. The van der Waals surface area contributed by atoms with E-state index in [0.29, 0.717) is 19.0 Å². The molecule has 25 heavy (non-hydrogen) atoms. The van der Waals surface area contributed by atoms with Gasteiger partial charge in [-0.2, -0.15) is 0 Å². The van der Waals surface area contributed by atoms with Gasteiger partial charge in [0.25, 0.3) is 5.69 Å². The van der Waals surface area contributed by atoms with E-state index in [1.54, 1.807) is 19.2 Å². The predicted octanol–water partition coefficient (Wildman–Crippen LogP) is 3.69. The average Bonchev–Trinajstić information content (AvgIpc) is 2.57. The molecule has 0 bridgehead atoms. The van der Waals surface area contributed by atoms with E-state index >= 15 is 0 Å². The van der Waals surface area contributed by atoms with Gasteiger partial charge in [0, 0.05) is 32.3 Å². The summed E-state index contributed by atoms with van der Waals surface area (Å²) in [6, 6.07) is 12.8.